The first-order valence-electron chi connectivity index (χ1n) is 21.5. The van der Waals surface area contributed by atoms with E-state index in [1.165, 1.54) is 88.3 Å². The van der Waals surface area contributed by atoms with Gasteiger partial charge in [0.15, 0.2) is 0 Å². The maximum Gasteiger partial charge on any atom is 0.0632 e. The maximum atomic E-state index is 2.57. The Kier molecular flexibility index (Phi) is 7.70. The minimum atomic E-state index is 0.157. The van der Waals surface area contributed by atoms with Gasteiger partial charge in [0.25, 0.3) is 0 Å². The Hall–Kier alpha value is -8.08. The summed E-state index contributed by atoms with van der Waals surface area (Å²) in [4.78, 5) is 2.57. The van der Waals surface area contributed by atoms with Crippen LogP contribution in [0, 0.1) is 0 Å². The van der Waals surface area contributed by atoms with E-state index >= 15 is 0 Å². The quantitative estimate of drug-likeness (QED) is 0.164. The molecule has 0 saturated carbocycles. The monoisotopic (exact) mass is 792 g/mol. The van der Waals surface area contributed by atoms with Crippen LogP contribution < -0.4 is 4.90 Å². The number of hydrogen-bond donors (Lipinski definition) is 0. The van der Waals surface area contributed by atoms with E-state index in [9.17, 15) is 0 Å². The molecule has 13 rings (SSSR count). The molecule has 12 aromatic rings. The van der Waals surface area contributed by atoms with E-state index in [4.69, 9.17) is 0 Å². The summed E-state index contributed by atoms with van der Waals surface area (Å²) in [5.41, 5.74) is 17.0. The molecule has 0 fully saturated rings. The highest BCUT2D eigenvalue weighted by Crippen LogP contribution is 2.48. The maximum absolute atomic E-state index is 2.57. The number of para-hydroxylation sites is 4. The van der Waals surface area contributed by atoms with Crippen LogP contribution in [0.2, 0.25) is 0 Å². The van der Waals surface area contributed by atoms with Gasteiger partial charge >= 0.3 is 0 Å². The molecule has 0 radical (unpaired) electrons. The van der Waals surface area contributed by atoms with Gasteiger partial charge in [-0.3, -0.25) is 0 Å². The Labute approximate surface area is 359 Å². The molecule has 4 heterocycles. The van der Waals surface area contributed by atoms with Gasteiger partial charge in [0.2, 0.25) is 0 Å². The zero-order valence-corrected chi connectivity index (χ0v) is 33.9. The van der Waals surface area contributed by atoms with Crippen LogP contribution >= 0.6 is 0 Å². The van der Waals surface area contributed by atoms with Crippen LogP contribution in [-0.4, -0.2) is 13.7 Å². The van der Waals surface area contributed by atoms with Crippen molar-refractivity contribution in [3.63, 3.8) is 0 Å². The van der Waals surface area contributed by atoms with Crippen LogP contribution in [0.25, 0.3) is 82.8 Å². The summed E-state index contributed by atoms with van der Waals surface area (Å²) in [5.74, 6) is 0. The van der Waals surface area contributed by atoms with E-state index in [0.717, 1.165) is 23.5 Å². The van der Waals surface area contributed by atoms with Crippen LogP contribution in [-0.2, 0) is 6.42 Å². The molecular weight excluding hydrogens is 753 g/mol. The second-order valence-electron chi connectivity index (χ2n) is 16.5. The van der Waals surface area contributed by atoms with E-state index in [-0.39, 0.29) is 6.04 Å². The molecular formula is C58H40N4. The first-order valence-corrected chi connectivity index (χ1v) is 21.5. The van der Waals surface area contributed by atoms with Crippen LogP contribution in [0.15, 0.2) is 224 Å². The number of hydrogen-bond acceptors (Lipinski definition) is 1. The first-order chi connectivity index (χ1) is 30.8. The van der Waals surface area contributed by atoms with Gasteiger partial charge < -0.3 is 18.6 Å². The fraction of sp³-hybridized carbons (Fsp3) is 0.0345. The number of nitrogens with zero attached hydrogens (tertiary/aromatic N) is 4. The van der Waals surface area contributed by atoms with Crippen molar-refractivity contribution in [3.05, 3.63) is 236 Å². The van der Waals surface area contributed by atoms with Gasteiger partial charge in [-0.2, -0.15) is 0 Å². The van der Waals surface area contributed by atoms with Crippen LogP contribution in [0.1, 0.15) is 17.2 Å². The molecule has 1 unspecified atom stereocenters. The molecule has 4 nitrogen and oxygen atoms in total. The second-order valence-corrected chi connectivity index (χ2v) is 16.5. The third-order valence-electron chi connectivity index (χ3n) is 13.2. The van der Waals surface area contributed by atoms with Gasteiger partial charge in [0.1, 0.15) is 0 Å². The summed E-state index contributed by atoms with van der Waals surface area (Å²) < 4.78 is 7.25. The Morgan fingerprint density at radius 2 is 0.758 bits per heavy atom. The van der Waals surface area contributed by atoms with Crippen molar-refractivity contribution in [1.29, 1.82) is 0 Å². The van der Waals surface area contributed by atoms with Gasteiger partial charge in [0.05, 0.1) is 39.3 Å². The smallest absolute Gasteiger partial charge is 0.0632 e. The zero-order valence-electron chi connectivity index (χ0n) is 33.9. The fourth-order valence-corrected chi connectivity index (χ4v) is 10.4. The Balaban J connectivity index is 0.953. The Morgan fingerprint density at radius 1 is 0.339 bits per heavy atom. The largest absolute Gasteiger partial charge is 0.333 e. The molecule has 9 aromatic carbocycles. The molecule has 0 spiro atoms. The Morgan fingerprint density at radius 3 is 1.26 bits per heavy atom. The van der Waals surface area contributed by atoms with Crippen molar-refractivity contribution in [3.8, 4) is 28.3 Å². The molecule has 0 aliphatic carbocycles. The lowest BCUT2D eigenvalue weighted by Crippen LogP contribution is -2.19. The Bertz CT molecular complexity index is 3540. The molecule has 0 N–H and O–H groups in total. The second kappa shape index (κ2) is 13.7. The van der Waals surface area contributed by atoms with Crippen molar-refractivity contribution >= 4 is 65.9 Å². The highest BCUT2D eigenvalue weighted by molar-refractivity contribution is 6.10. The number of anilines is 2. The normalized spacial score (nSPS) is 13.9. The summed E-state index contributed by atoms with van der Waals surface area (Å²) in [6, 6.07) is 82.5. The van der Waals surface area contributed by atoms with Gasteiger partial charge in [-0.15, -0.1) is 0 Å². The molecule has 292 valence electrons. The molecule has 1 atom stereocenters. The number of rotatable bonds is 6. The molecule has 4 heteroatoms. The minimum Gasteiger partial charge on any atom is -0.333 e. The van der Waals surface area contributed by atoms with Crippen molar-refractivity contribution < 1.29 is 0 Å². The van der Waals surface area contributed by atoms with E-state index in [0.29, 0.717) is 0 Å². The molecule has 1 aliphatic rings. The lowest BCUT2D eigenvalue weighted by Gasteiger charge is -2.28. The predicted octanol–water partition coefficient (Wildman–Crippen LogP) is 14.9. The molecule has 0 amide bonds. The SMILES string of the molecule is c1ccc(-c2cc3cc4c(cc3n2-c2ccc(-n3c5ccccc5c5ccccc53)cc2)CC(c2ccccc2)N4c2ccc(-n3c4ccccc4c4ccccc43)cc2)cc1. The van der Waals surface area contributed by atoms with Crippen LogP contribution in [0.3, 0.4) is 0 Å². The summed E-state index contributed by atoms with van der Waals surface area (Å²) >= 11 is 0. The summed E-state index contributed by atoms with van der Waals surface area (Å²) in [7, 11) is 0. The third-order valence-corrected chi connectivity index (χ3v) is 13.2. The van der Waals surface area contributed by atoms with Crippen molar-refractivity contribution in [2.45, 2.75) is 12.5 Å². The number of benzene rings is 9. The van der Waals surface area contributed by atoms with E-state index in [2.05, 4.69) is 243 Å². The lowest BCUT2D eigenvalue weighted by atomic mass is 10.0. The lowest BCUT2D eigenvalue weighted by molar-refractivity contribution is 0.743. The van der Waals surface area contributed by atoms with Crippen molar-refractivity contribution in [2.24, 2.45) is 0 Å². The average Bonchev–Trinajstić information content (AvgIpc) is 4.09. The number of aromatic nitrogens is 3. The molecule has 3 aromatic heterocycles. The first kappa shape index (κ1) is 34.8. The van der Waals surface area contributed by atoms with Gasteiger partial charge in [-0.05, 0) is 114 Å². The predicted molar refractivity (Wildman–Crippen MR) is 259 cm³/mol. The van der Waals surface area contributed by atoms with Crippen LogP contribution in [0.4, 0.5) is 11.4 Å². The van der Waals surface area contributed by atoms with Gasteiger partial charge in [-0.1, -0.05) is 133 Å². The summed E-state index contributed by atoms with van der Waals surface area (Å²) in [6.45, 7) is 0. The topological polar surface area (TPSA) is 18.0 Å². The molecule has 0 saturated heterocycles. The van der Waals surface area contributed by atoms with E-state index in [1.807, 2.05) is 0 Å². The standard InChI is InChI=1S/C58H40N4/c1-3-15-39(16-4-1)55-35-41-37-58-42(38-57(41)61(55)45-31-27-43(28-32-45)59-51-23-11-7-19-47(51)48-20-8-12-24-52(48)59)36-56(40-17-5-2-6-18-40)62(58)46-33-29-44(30-34-46)60-53-25-13-9-21-49(53)50-22-10-14-26-54(50)60/h1-35,37-38,56H,36H2. The van der Waals surface area contributed by atoms with Crippen LogP contribution in [0.5, 0.6) is 0 Å². The highest BCUT2D eigenvalue weighted by Gasteiger charge is 2.33. The fourth-order valence-electron chi connectivity index (χ4n) is 10.4. The molecule has 0 bridgehead atoms. The molecule has 1 aliphatic heterocycles. The van der Waals surface area contributed by atoms with Crippen molar-refractivity contribution in [2.75, 3.05) is 4.90 Å². The van der Waals surface area contributed by atoms with E-state index in [1.54, 1.807) is 0 Å². The minimum absolute atomic E-state index is 0.157. The van der Waals surface area contributed by atoms with Gasteiger partial charge in [0, 0.05) is 55.4 Å². The summed E-state index contributed by atoms with van der Waals surface area (Å²) in [6.07, 6.45) is 0.905. The van der Waals surface area contributed by atoms with E-state index < -0.39 is 0 Å². The summed E-state index contributed by atoms with van der Waals surface area (Å²) in [5, 5.41) is 6.30. The average molecular weight is 793 g/mol. The third kappa shape index (κ3) is 5.26. The van der Waals surface area contributed by atoms with Gasteiger partial charge in [-0.25, -0.2) is 0 Å². The molecule has 62 heavy (non-hydrogen) atoms. The zero-order chi connectivity index (χ0) is 40.7. The van der Waals surface area contributed by atoms with Crippen molar-refractivity contribution in [1.82, 2.24) is 13.7 Å². The highest BCUT2D eigenvalue weighted by atomic mass is 15.2. The number of fused-ring (bicyclic) bond motifs is 8.